The fourth-order valence-corrected chi connectivity index (χ4v) is 6.18. The number of hydrogen-bond donors (Lipinski definition) is 0. The van der Waals surface area contributed by atoms with Gasteiger partial charge in [0.15, 0.2) is 0 Å². The summed E-state index contributed by atoms with van der Waals surface area (Å²) in [4.78, 5) is 28.3. The quantitative estimate of drug-likeness (QED) is 0.152. The van der Waals surface area contributed by atoms with Crippen molar-refractivity contribution in [2.75, 3.05) is 31.7 Å². The number of nitrogens with zero attached hydrogens (tertiary/aromatic N) is 2. The summed E-state index contributed by atoms with van der Waals surface area (Å²) in [6.07, 6.45) is 4.83. The van der Waals surface area contributed by atoms with Crippen LogP contribution in [0.4, 0.5) is 5.69 Å². The van der Waals surface area contributed by atoms with Crippen LogP contribution in [0.15, 0.2) is 58.0 Å². The predicted molar refractivity (Wildman–Crippen MR) is 162 cm³/mol. The van der Waals surface area contributed by atoms with E-state index in [0.29, 0.717) is 41.5 Å². The van der Waals surface area contributed by atoms with E-state index < -0.39 is 28.4 Å². The molecule has 42 heavy (non-hydrogen) atoms. The minimum absolute atomic E-state index is 0.0526. The Morgan fingerprint density at radius 3 is 2.21 bits per heavy atom. The number of furan rings is 1. The smallest absolute Gasteiger partial charge is 0.341 e. The Morgan fingerprint density at radius 1 is 0.929 bits per heavy atom. The van der Waals surface area contributed by atoms with Crippen LogP contribution in [0, 0.1) is 20.8 Å². The maximum atomic E-state index is 13.8. The molecule has 0 saturated heterocycles. The number of hydrogen-bond acceptors (Lipinski definition) is 7. The number of benzene rings is 2. The molecule has 0 unspecified atom stereocenters. The van der Waals surface area contributed by atoms with Crippen LogP contribution in [0.3, 0.4) is 0 Å². The van der Waals surface area contributed by atoms with Crippen molar-refractivity contribution in [3.05, 3.63) is 76.7 Å². The molecule has 0 N–H and O–H groups in total. The molecular formula is C32H42N2O7S. The van der Waals surface area contributed by atoms with Gasteiger partial charge in [-0.3, -0.25) is 4.79 Å². The van der Waals surface area contributed by atoms with Crippen molar-refractivity contribution >= 4 is 27.6 Å². The van der Waals surface area contributed by atoms with Gasteiger partial charge in [0, 0.05) is 18.8 Å². The van der Waals surface area contributed by atoms with Crippen LogP contribution >= 0.6 is 0 Å². The van der Waals surface area contributed by atoms with Crippen molar-refractivity contribution in [2.24, 2.45) is 0 Å². The minimum Gasteiger partial charge on any atom is -0.493 e. The monoisotopic (exact) mass is 598 g/mol. The number of ether oxygens (including phenoxy) is 2. The molecule has 0 aliphatic carbocycles. The summed E-state index contributed by atoms with van der Waals surface area (Å²) in [5, 5.41) is 0. The van der Waals surface area contributed by atoms with Crippen LogP contribution in [0.5, 0.6) is 5.75 Å². The number of aryl methyl sites for hydroxylation is 3. The van der Waals surface area contributed by atoms with Crippen LogP contribution in [0.1, 0.15) is 72.3 Å². The third-order valence-corrected chi connectivity index (χ3v) is 8.92. The highest BCUT2D eigenvalue weighted by molar-refractivity contribution is 7.89. The standard InChI is InChI=1S/C32H42N2O7S/c1-7-9-15-40-29-20-26(13-14-28(29)32(36)41-16-10-8-2)34(21-27-12-11-17-39-27)30(35)22-33(6)42(37,38)31-24(4)18-23(3)19-25(31)5/h11-14,17-20H,7-10,15-16,21-22H2,1-6H3. The molecule has 2 aromatic carbocycles. The van der Waals surface area contributed by atoms with E-state index in [9.17, 15) is 18.0 Å². The average molecular weight is 599 g/mol. The first-order chi connectivity index (χ1) is 20.0. The van der Waals surface area contributed by atoms with E-state index in [-0.39, 0.29) is 17.0 Å². The van der Waals surface area contributed by atoms with Crippen molar-refractivity contribution in [3.8, 4) is 5.75 Å². The van der Waals surface area contributed by atoms with Crippen molar-refractivity contribution in [2.45, 2.75) is 71.7 Å². The molecule has 0 aliphatic heterocycles. The topological polar surface area (TPSA) is 106 Å². The SMILES string of the molecule is CCCCOC(=O)c1ccc(N(Cc2ccco2)C(=O)CN(C)S(=O)(=O)c2c(C)cc(C)cc2C)cc1OCCCC. The second kappa shape index (κ2) is 15.0. The lowest BCUT2D eigenvalue weighted by Gasteiger charge is -2.26. The summed E-state index contributed by atoms with van der Waals surface area (Å²) in [5.74, 6) is -0.167. The van der Waals surface area contributed by atoms with Crippen LogP contribution in [0.25, 0.3) is 0 Å². The van der Waals surface area contributed by atoms with Gasteiger partial charge >= 0.3 is 5.97 Å². The maximum absolute atomic E-state index is 13.8. The molecule has 3 rings (SSSR count). The first-order valence-corrected chi connectivity index (χ1v) is 15.7. The summed E-state index contributed by atoms with van der Waals surface area (Å²) in [6.45, 7) is 9.78. The van der Waals surface area contributed by atoms with Crippen molar-refractivity contribution in [1.29, 1.82) is 0 Å². The molecule has 10 heteroatoms. The van der Waals surface area contributed by atoms with E-state index in [2.05, 4.69) is 0 Å². The average Bonchev–Trinajstić information content (AvgIpc) is 3.44. The molecule has 0 atom stereocenters. The molecule has 228 valence electrons. The van der Waals surface area contributed by atoms with E-state index in [4.69, 9.17) is 13.9 Å². The fourth-order valence-electron chi connectivity index (χ4n) is 4.65. The van der Waals surface area contributed by atoms with Crippen LogP contribution < -0.4 is 9.64 Å². The zero-order valence-corrected chi connectivity index (χ0v) is 26.3. The Hall–Kier alpha value is -3.63. The number of unbranched alkanes of at least 4 members (excludes halogenated alkanes) is 2. The maximum Gasteiger partial charge on any atom is 0.341 e. The Kier molecular flexibility index (Phi) is 11.8. The number of sulfonamides is 1. The molecule has 0 bridgehead atoms. The number of amides is 1. The first kappa shape index (κ1) is 32.9. The largest absolute Gasteiger partial charge is 0.493 e. The number of esters is 1. The normalized spacial score (nSPS) is 11.5. The second-order valence-electron chi connectivity index (χ2n) is 10.4. The van der Waals surface area contributed by atoms with Gasteiger partial charge in [-0.2, -0.15) is 4.31 Å². The third kappa shape index (κ3) is 8.23. The number of likely N-dealkylation sites (N-methyl/N-ethyl adjacent to an activating group) is 1. The van der Waals surface area contributed by atoms with Gasteiger partial charge in [-0.15, -0.1) is 0 Å². The molecule has 9 nitrogen and oxygen atoms in total. The summed E-state index contributed by atoms with van der Waals surface area (Å²) < 4.78 is 45.1. The zero-order valence-electron chi connectivity index (χ0n) is 25.4. The number of anilines is 1. The Balaban J connectivity index is 1.96. The van der Waals surface area contributed by atoms with Gasteiger partial charge in [0.25, 0.3) is 0 Å². The molecule has 1 amide bonds. The first-order valence-electron chi connectivity index (χ1n) is 14.3. The van der Waals surface area contributed by atoms with Gasteiger partial charge in [-0.25, -0.2) is 13.2 Å². The summed E-state index contributed by atoms with van der Waals surface area (Å²) in [7, 11) is -2.57. The summed E-state index contributed by atoms with van der Waals surface area (Å²) in [5.41, 5.74) is 2.90. The van der Waals surface area contributed by atoms with E-state index in [1.807, 2.05) is 32.9 Å². The van der Waals surface area contributed by atoms with E-state index >= 15 is 0 Å². The van der Waals surface area contributed by atoms with Gasteiger partial charge in [-0.1, -0.05) is 44.4 Å². The molecule has 0 aliphatic rings. The molecule has 3 aromatic rings. The lowest BCUT2D eigenvalue weighted by molar-refractivity contribution is -0.118. The second-order valence-corrected chi connectivity index (χ2v) is 12.4. The van der Waals surface area contributed by atoms with Crippen LogP contribution in [-0.4, -0.2) is 51.4 Å². The van der Waals surface area contributed by atoms with Gasteiger partial charge in [0.2, 0.25) is 15.9 Å². The summed E-state index contributed by atoms with van der Waals surface area (Å²) in [6, 6.07) is 11.9. The fraction of sp³-hybridized carbons (Fsp3) is 0.438. The van der Waals surface area contributed by atoms with Crippen LogP contribution in [0.2, 0.25) is 0 Å². The van der Waals surface area contributed by atoms with Crippen molar-refractivity contribution in [1.82, 2.24) is 4.31 Å². The van der Waals surface area contributed by atoms with Gasteiger partial charge in [0.05, 0.1) is 37.5 Å². The Labute approximate surface area is 249 Å². The van der Waals surface area contributed by atoms with E-state index in [0.717, 1.165) is 35.6 Å². The molecule has 0 fully saturated rings. The highest BCUT2D eigenvalue weighted by Crippen LogP contribution is 2.30. The minimum atomic E-state index is -3.97. The molecule has 1 aromatic heterocycles. The molecule has 0 radical (unpaired) electrons. The molecule has 1 heterocycles. The molecule has 0 spiro atoms. The van der Waals surface area contributed by atoms with Crippen molar-refractivity contribution < 1.29 is 31.9 Å². The highest BCUT2D eigenvalue weighted by Gasteiger charge is 2.29. The third-order valence-electron chi connectivity index (χ3n) is 6.81. The van der Waals surface area contributed by atoms with Gasteiger partial charge in [0.1, 0.15) is 17.1 Å². The molecular weight excluding hydrogens is 556 g/mol. The van der Waals surface area contributed by atoms with E-state index in [1.54, 1.807) is 44.2 Å². The zero-order chi connectivity index (χ0) is 30.9. The lowest BCUT2D eigenvalue weighted by Crippen LogP contribution is -2.41. The highest BCUT2D eigenvalue weighted by atomic mass is 32.2. The lowest BCUT2D eigenvalue weighted by atomic mass is 10.1. The van der Waals surface area contributed by atoms with Gasteiger partial charge < -0.3 is 18.8 Å². The molecule has 0 saturated carbocycles. The van der Waals surface area contributed by atoms with Crippen LogP contribution in [-0.2, 0) is 26.1 Å². The van der Waals surface area contributed by atoms with E-state index in [1.165, 1.54) is 18.2 Å². The Morgan fingerprint density at radius 2 is 1.60 bits per heavy atom. The number of carbonyl (C=O) groups is 2. The summed E-state index contributed by atoms with van der Waals surface area (Å²) >= 11 is 0. The Bertz CT molecular complexity index is 1440. The van der Waals surface area contributed by atoms with Crippen molar-refractivity contribution in [3.63, 3.8) is 0 Å². The number of rotatable bonds is 15. The van der Waals surface area contributed by atoms with Gasteiger partial charge in [-0.05, 0) is 69.0 Å². The predicted octanol–water partition coefficient (Wildman–Crippen LogP) is 6.19. The number of carbonyl (C=O) groups excluding carboxylic acids is 2.